The molecule has 2 nitrogen and oxygen atoms in total. The van der Waals surface area contributed by atoms with E-state index in [4.69, 9.17) is 9.97 Å². The minimum absolute atomic E-state index is 0.956. The van der Waals surface area contributed by atoms with Crippen LogP contribution in [0.5, 0.6) is 0 Å². The zero-order chi connectivity index (χ0) is 33.0. The third-order valence-electron chi connectivity index (χ3n) is 10.0. The zero-order valence-corrected chi connectivity index (χ0v) is 27.2. The van der Waals surface area contributed by atoms with E-state index in [0.29, 0.717) is 0 Å². The number of aromatic nitrogens is 2. The Kier molecular flexibility index (Phi) is 6.53. The molecule has 0 fully saturated rings. The van der Waals surface area contributed by atoms with Gasteiger partial charge in [0.05, 0.1) is 22.4 Å². The normalized spacial score (nSPS) is 11.6. The Labute approximate surface area is 290 Å². The van der Waals surface area contributed by atoms with Crippen molar-refractivity contribution in [3.8, 4) is 44.8 Å². The first-order chi connectivity index (χ1) is 24.8. The Balaban J connectivity index is 1.18. The fourth-order valence-electron chi connectivity index (χ4n) is 7.70. The van der Waals surface area contributed by atoms with Crippen molar-refractivity contribution >= 4 is 54.1 Å². The highest BCUT2D eigenvalue weighted by Gasteiger charge is 2.17. The van der Waals surface area contributed by atoms with E-state index in [1.807, 2.05) is 0 Å². The maximum atomic E-state index is 5.42. The van der Waals surface area contributed by atoms with Gasteiger partial charge in [-0.2, -0.15) is 0 Å². The van der Waals surface area contributed by atoms with Gasteiger partial charge >= 0.3 is 0 Å². The fourth-order valence-corrected chi connectivity index (χ4v) is 7.70. The van der Waals surface area contributed by atoms with Crippen LogP contribution in [0.1, 0.15) is 0 Å². The van der Waals surface area contributed by atoms with E-state index in [9.17, 15) is 0 Å². The summed E-state index contributed by atoms with van der Waals surface area (Å²) in [5.41, 5.74) is 10.8. The van der Waals surface area contributed by atoms with E-state index in [1.165, 1.54) is 43.8 Å². The van der Waals surface area contributed by atoms with Crippen molar-refractivity contribution in [2.45, 2.75) is 0 Å². The van der Waals surface area contributed by atoms with Gasteiger partial charge in [-0.15, -0.1) is 0 Å². The van der Waals surface area contributed by atoms with Crippen molar-refractivity contribution in [3.63, 3.8) is 0 Å². The predicted molar refractivity (Wildman–Crippen MR) is 211 cm³/mol. The molecule has 2 heteroatoms. The standard InChI is InChI=1S/C48H30N2/c1-3-13-31(14-4-1)45-37-19-9-7-17-33(37)29-35-23-27-43(49-47(35)45)41-25-26-42(40-22-12-11-21-39(40)41)44-28-24-36-30-34-18-8-10-20-38(34)46(48(36)50-44)32-15-5-2-6-16-32/h1-30H. The Morgan fingerprint density at radius 3 is 1.10 bits per heavy atom. The van der Waals surface area contributed by atoms with E-state index in [-0.39, 0.29) is 0 Å². The van der Waals surface area contributed by atoms with Gasteiger partial charge < -0.3 is 0 Å². The van der Waals surface area contributed by atoms with Crippen molar-refractivity contribution in [1.29, 1.82) is 0 Å². The van der Waals surface area contributed by atoms with Gasteiger partial charge in [-0.05, 0) is 67.7 Å². The molecule has 0 radical (unpaired) electrons. The van der Waals surface area contributed by atoms with E-state index in [1.54, 1.807) is 0 Å². The highest BCUT2D eigenvalue weighted by molar-refractivity contribution is 6.14. The van der Waals surface area contributed by atoms with Gasteiger partial charge in [0, 0.05) is 33.0 Å². The van der Waals surface area contributed by atoms with Crippen LogP contribution in [0.2, 0.25) is 0 Å². The summed E-state index contributed by atoms with van der Waals surface area (Å²) in [4.78, 5) is 10.8. The molecule has 10 rings (SSSR count). The molecule has 0 saturated carbocycles. The average molecular weight is 635 g/mol. The number of pyridine rings is 2. The second-order valence-electron chi connectivity index (χ2n) is 12.9. The summed E-state index contributed by atoms with van der Waals surface area (Å²) in [6.45, 7) is 0. The summed E-state index contributed by atoms with van der Waals surface area (Å²) < 4.78 is 0. The molecule has 0 N–H and O–H groups in total. The summed E-state index contributed by atoms with van der Waals surface area (Å²) in [5, 5.41) is 9.43. The summed E-state index contributed by atoms with van der Waals surface area (Å²) in [6, 6.07) is 64.9. The largest absolute Gasteiger partial charge is 0.247 e. The van der Waals surface area contributed by atoms with Crippen LogP contribution in [-0.2, 0) is 0 Å². The summed E-state index contributed by atoms with van der Waals surface area (Å²) in [5.74, 6) is 0. The lowest BCUT2D eigenvalue weighted by Gasteiger charge is -2.15. The second kappa shape index (κ2) is 11.5. The van der Waals surface area contributed by atoms with Gasteiger partial charge in [0.2, 0.25) is 0 Å². The maximum Gasteiger partial charge on any atom is 0.0794 e. The van der Waals surface area contributed by atoms with E-state index in [0.717, 1.165) is 55.1 Å². The minimum atomic E-state index is 0.956. The molecule has 0 atom stereocenters. The highest BCUT2D eigenvalue weighted by Crippen LogP contribution is 2.41. The molecule has 0 aliphatic carbocycles. The number of fused-ring (bicyclic) bond motifs is 5. The van der Waals surface area contributed by atoms with Crippen molar-refractivity contribution in [1.82, 2.24) is 9.97 Å². The molecule has 0 aliphatic heterocycles. The van der Waals surface area contributed by atoms with Crippen LogP contribution in [0.3, 0.4) is 0 Å². The van der Waals surface area contributed by atoms with Crippen LogP contribution in [0.25, 0.3) is 98.9 Å². The van der Waals surface area contributed by atoms with E-state index < -0.39 is 0 Å². The molecule has 0 bridgehead atoms. The van der Waals surface area contributed by atoms with Crippen LogP contribution < -0.4 is 0 Å². The first-order valence-corrected chi connectivity index (χ1v) is 17.1. The smallest absolute Gasteiger partial charge is 0.0794 e. The summed E-state index contributed by atoms with van der Waals surface area (Å²) in [7, 11) is 0. The molecular formula is C48H30N2. The van der Waals surface area contributed by atoms with Crippen molar-refractivity contribution in [2.24, 2.45) is 0 Å². The molecule has 0 spiro atoms. The molecule has 232 valence electrons. The number of hydrogen-bond acceptors (Lipinski definition) is 2. The molecule has 0 unspecified atom stereocenters. The Bertz CT molecular complexity index is 2710. The third kappa shape index (κ3) is 4.57. The van der Waals surface area contributed by atoms with Gasteiger partial charge in [0.25, 0.3) is 0 Å². The molecule has 0 saturated heterocycles. The highest BCUT2D eigenvalue weighted by atomic mass is 14.7. The van der Waals surface area contributed by atoms with Gasteiger partial charge in [-0.25, -0.2) is 9.97 Å². The SMILES string of the molecule is c1ccc(-c2c3ccccc3cc3ccc(-c4ccc(-c5ccc6cc7ccccc7c(-c7ccccc7)c6n5)c5ccccc45)nc23)cc1. The van der Waals surface area contributed by atoms with Crippen LogP contribution in [0, 0.1) is 0 Å². The molecule has 2 heterocycles. The Morgan fingerprint density at radius 2 is 0.660 bits per heavy atom. The lowest BCUT2D eigenvalue weighted by Crippen LogP contribution is -1.94. The topological polar surface area (TPSA) is 25.8 Å². The number of nitrogens with zero attached hydrogens (tertiary/aromatic N) is 2. The molecule has 0 aliphatic rings. The zero-order valence-electron chi connectivity index (χ0n) is 27.2. The van der Waals surface area contributed by atoms with E-state index >= 15 is 0 Å². The lowest BCUT2D eigenvalue weighted by molar-refractivity contribution is 1.40. The molecule has 8 aromatic carbocycles. The fraction of sp³-hybridized carbons (Fsp3) is 0. The van der Waals surface area contributed by atoms with Crippen molar-refractivity contribution in [3.05, 3.63) is 182 Å². The Hall–Kier alpha value is -6.64. The Morgan fingerprint density at radius 1 is 0.280 bits per heavy atom. The number of benzene rings is 8. The second-order valence-corrected chi connectivity index (χ2v) is 12.9. The van der Waals surface area contributed by atoms with Crippen molar-refractivity contribution < 1.29 is 0 Å². The van der Waals surface area contributed by atoms with Gasteiger partial charge in [0.1, 0.15) is 0 Å². The molecule has 50 heavy (non-hydrogen) atoms. The molecule has 2 aromatic heterocycles. The third-order valence-corrected chi connectivity index (χ3v) is 10.0. The maximum absolute atomic E-state index is 5.42. The quantitative estimate of drug-likeness (QED) is 0.180. The van der Waals surface area contributed by atoms with Gasteiger partial charge in [0.15, 0.2) is 0 Å². The summed E-state index contributed by atoms with van der Waals surface area (Å²) >= 11 is 0. The number of rotatable bonds is 4. The van der Waals surface area contributed by atoms with Crippen LogP contribution >= 0.6 is 0 Å². The van der Waals surface area contributed by atoms with E-state index in [2.05, 4.69) is 182 Å². The predicted octanol–water partition coefficient (Wildman–Crippen LogP) is 12.9. The average Bonchev–Trinajstić information content (AvgIpc) is 3.19. The van der Waals surface area contributed by atoms with Crippen LogP contribution in [0.15, 0.2) is 182 Å². The molecular weight excluding hydrogens is 605 g/mol. The lowest BCUT2D eigenvalue weighted by atomic mass is 9.92. The summed E-state index contributed by atoms with van der Waals surface area (Å²) in [6.07, 6.45) is 0. The monoisotopic (exact) mass is 634 g/mol. The first kappa shape index (κ1) is 28.4. The van der Waals surface area contributed by atoms with Crippen molar-refractivity contribution in [2.75, 3.05) is 0 Å². The van der Waals surface area contributed by atoms with Crippen LogP contribution in [-0.4, -0.2) is 9.97 Å². The number of hydrogen-bond donors (Lipinski definition) is 0. The first-order valence-electron chi connectivity index (χ1n) is 17.1. The van der Waals surface area contributed by atoms with Crippen LogP contribution in [0.4, 0.5) is 0 Å². The van der Waals surface area contributed by atoms with Gasteiger partial charge in [-0.1, -0.05) is 158 Å². The minimum Gasteiger partial charge on any atom is -0.247 e. The molecule has 10 aromatic rings. The molecule has 0 amide bonds. The van der Waals surface area contributed by atoms with Gasteiger partial charge in [-0.3, -0.25) is 0 Å².